The molecule has 4 aliphatic rings. The maximum atomic E-state index is 12.4. The van der Waals surface area contributed by atoms with E-state index in [0.717, 1.165) is 31.6 Å². The predicted molar refractivity (Wildman–Crippen MR) is 93.4 cm³/mol. The van der Waals surface area contributed by atoms with Crippen molar-refractivity contribution in [2.24, 2.45) is 28.6 Å². The van der Waals surface area contributed by atoms with E-state index >= 15 is 0 Å². The third kappa shape index (κ3) is 2.28. The Hall–Kier alpha value is -0.930. The first kappa shape index (κ1) is 16.5. The van der Waals surface area contributed by atoms with Crippen LogP contribution in [0.25, 0.3) is 0 Å². The number of hydrogen-bond donors (Lipinski definition) is 0. The zero-order valence-electron chi connectivity index (χ0n) is 15.2. The van der Waals surface area contributed by atoms with Crippen LogP contribution in [0.2, 0.25) is 0 Å². The van der Waals surface area contributed by atoms with Crippen molar-refractivity contribution in [3.63, 3.8) is 0 Å². The highest BCUT2D eigenvalue weighted by molar-refractivity contribution is 5.97. The van der Waals surface area contributed by atoms with Gasteiger partial charge in [0.05, 0.1) is 6.10 Å². The Labute approximate surface area is 145 Å². The van der Waals surface area contributed by atoms with Crippen LogP contribution in [0.5, 0.6) is 0 Å². The molecule has 3 heteroatoms. The molecule has 0 unspecified atom stereocenters. The van der Waals surface area contributed by atoms with E-state index in [9.17, 15) is 4.79 Å². The minimum absolute atomic E-state index is 0.123. The fraction of sp³-hybridized carbons (Fsp3) is 0.762. The first-order valence-electron chi connectivity index (χ1n) is 9.52. The summed E-state index contributed by atoms with van der Waals surface area (Å²) in [4.78, 5) is 12.4. The van der Waals surface area contributed by atoms with Crippen molar-refractivity contribution in [2.75, 3.05) is 13.9 Å². The normalized spacial score (nSPS) is 47.0. The Morgan fingerprint density at radius 2 is 2.00 bits per heavy atom. The molecule has 0 saturated heterocycles. The van der Waals surface area contributed by atoms with Crippen molar-refractivity contribution in [1.29, 1.82) is 0 Å². The van der Waals surface area contributed by atoms with Crippen LogP contribution < -0.4 is 0 Å². The lowest BCUT2D eigenvalue weighted by atomic mass is 9.48. The Morgan fingerprint density at radius 3 is 2.79 bits per heavy atom. The molecule has 2 saturated carbocycles. The molecule has 0 N–H and O–H groups in total. The van der Waals surface area contributed by atoms with Gasteiger partial charge in [0, 0.05) is 12.5 Å². The van der Waals surface area contributed by atoms with Gasteiger partial charge >= 0.3 is 0 Å². The molecule has 0 amide bonds. The molecular weight excluding hydrogens is 300 g/mol. The molecule has 0 heterocycles. The third-order valence-electron chi connectivity index (χ3n) is 7.75. The zero-order chi connectivity index (χ0) is 16.9. The van der Waals surface area contributed by atoms with Crippen molar-refractivity contribution in [3.8, 4) is 0 Å². The maximum Gasteiger partial charge on any atom is 0.161 e. The van der Waals surface area contributed by atoms with Gasteiger partial charge in [-0.15, -0.1) is 0 Å². The Kier molecular flexibility index (Phi) is 4.00. The lowest BCUT2D eigenvalue weighted by Crippen LogP contribution is -2.50. The van der Waals surface area contributed by atoms with Crippen molar-refractivity contribution >= 4 is 5.78 Å². The molecule has 6 atom stereocenters. The molecule has 0 bridgehead atoms. The molecule has 0 spiro atoms. The van der Waals surface area contributed by atoms with E-state index in [4.69, 9.17) is 9.47 Å². The number of fused-ring (bicyclic) bond motifs is 5. The monoisotopic (exact) mass is 330 g/mol. The summed E-state index contributed by atoms with van der Waals surface area (Å²) in [5.74, 6) is 2.16. The molecule has 4 aliphatic carbocycles. The van der Waals surface area contributed by atoms with Gasteiger partial charge in [-0.1, -0.05) is 31.6 Å². The second-order valence-corrected chi connectivity index (χ2v) is 8.80. The van der Waals surface area contributed by atoms with Crippen molar-refractivity contribution < 1.29 is 14.3 Å². The van der Waals surface area contributed by atoms with Gasteiger partial charge in [-0.3, -0.25) is 4.79 Å². The van der Waals surface area contributed by atoms with Crippen molar-refractivity contribution in [1.82, 2.24) is 0 Å². The molecule has 0 aromatic heterocycles. The molecular formula is C21H30O3. The van der Waals surface area contributed by atoms with E-state index in [2.05, 4.69) is 26.0 Å². The number of carbonyl (C=O) groups excluding carboxylic acids is 1. The number of rotatable bonds is 3. The van der Waals surface area contributed by atoms with Gasteiger partial charge in [-0.25, -0.2) is 0 Å². The van der Waals surface area contributed by atoms with Crippen molar-refractivity contribution in [3.05, 3.63) is 23.8 Å². The average Bonchev–Trinajstić information content (AvgIpc) is 2.88. The summed E-state index contributed by atoms with van der Waals surface area (Å²) in [6, 6.07) is 0. The van der Waals surface area contributed by atoms with Crippen LogP contribution in [0.3, 0.4) is 0 Å². The van der Waals surface area contributed by atoms with Gasteiger partial charge in [-0.2, -0.15) is 0 Å². The molecule has 0 radical (unpaired) electrons. The Morgan fingerprint density at radius 1 is 1.21 bits per heavy atom. The summed E-state index contributed by atoms with van der Waals surface area (Å²) in [7, 11) is 1.69. The van der Waals surface area contributed by atoms with E-state index in [-0.39, 0.29) is 5.41 Å². The number of carbonyl (C=O) groups is 1. The quantitative estimate of drug-likeness (QED) is 0.572. The fourth-order valence-corrected chi connectivity index (χ4v) is 6.21. The smallest absolute Gasteiger partial charge is 0.161 e. The molecule has 0 aromatic rings. The van der Waals surface area contributed by atoms with Crippen LogP contribution in [0.1, 0.15) is 52.4 Å². The average molecular weight is 330 g/mol. The number of ether oxygens (including phenoxy) is 2. The minimum Gasteiger partial charge on any atom is -0.359 e. The summed E-state index contributed by atoms with van der Waals surface area (Å²) in [5.41, 5.74) is 1.78. The lowest BCUT2D eigenvalue weighted by molar-refractivity contribution is -0.130. The third-order valence-corrected chi connectivity index (χ3v) is 7.75. The number of allylic oxidation sites excluding steroid dienone is 3. The molecule has 2 fully saturated rings. The van der Waals surface area contributed by atoms with Gasteiger partial charge in [0.25, 0.3) is 0 Å². The van der Waals surface area contributed by atoms with Crippen molar-refractivity contribution in [2.45, 2.75) is 58.5 Å². The molecule has 4 rings (SSSR count). The van der Waals surface area contributed by atoms with E-state index in [1.165, 1.54) is 12.8 Å². The summed E-state index contributed by atoms with van der Waals surface area (Å²) >= 11 is 0. The highest BCUT2D eigenvalue weighted by atomic mass is 16.7. The van der Waals surface area contributed by atoms with Gasteiger partial charge in [0.1, 0.15) is 6.79 Å². The molecule has 3 nitrogen and oxygen atoms in total. The van der Waals surface area contributed by atoms with Crippen LogP contribution in [-0.4, -0.2) is 25.8 Å². The molecule has 0 aromatic carbocycles. The summed E-state index contributed by atoms with van der Waals surface area (Å²) in [6.07, 6.45) is 13.7. The van der Waals surface area contributed by atoms with Gasteiger partial charge < -0.3 is 9.47 Å². The summed E-state index contributed by atoms with van der Waals surface area (Å²) in [6.45, 7) is 5.08. The maximum absolute atomic E-state index is 12.4. The van der Waals surface area contributed by atoms with E-state index in [0.29, 0.717) is 35.9 Å². The number of ketones is 1. The first-order chi connectivity index (χ1) is 11.5. The van der Waals surface area contributed by atoms with Gasteiger partial charge in [0.2, 0.25) is 0 Å². The second-order valence-electron chi connectivity index (χ2n) is 8.80. The van der Waals surface area contributed by atoms with E-state index in [1.807, 2.05) is 6.08 Å². The largest absolute Gasteiger partial charge is 0.359 e. The van der Waals surface area contributed by atoms with Gasteiger partial charge in [0.15, 0.2) is 5.78 Å². The molecule has 24 heavy (non-hydrogen) atoms. The zero-order valence-corrected chi connectivity index (χ0v) is 15.2. The number of hydrogen-bond acceptors (Lipinski definition) is 3. The lowest BCUT2D eigenvalue weighted by Gasteiger charge is -2.56. The van der Waals surface area contributed by atoms with E-state index < -0.39 is 0 Å². The van der Waals surface area contributed by atoms with Crippen LogP contribution in [0, 0.1) is 28.6 Å². The predicted octanol–water partition coefficient (Wildman–Crippen LogP) is 4.28. The number of methoxy groups -OCH3 is 1. The van der Waals surface area contributed by atoms with Crippen LogP contribution in [0.15, 0.2) is 23.8 Å². The van der Waals surface area contributed by atoms with Crippen LogP contribution in [-0.2, 0) is 14.3 Å². The van der Waals surface area contributed by atoms with Crippen LogP contribution >= 0.6 is 0 Å². The second kappa shape index (κ2) is 5.81. The molecule has 132 valence electrons. The highest BCUT2D eigenvalue weighted by Crippen LogP contribution is 2.62. The standard InChI is InChI=1S/C21H30O3/c1-20-10-8-15(24-13-23-3)12-14(20)4-5-16-17-6-7-19(22)21(17,2)11-9-18(16)20/h4,6-7,15-18H,5,8-13H2,1-3H3/t15-,16-,17-,18-,20-,21-/m0/s1. The summed E-state index contributed by atoms with van der Waals surface area (Å²) in [5, 5.41) is 0. The van der Waals surface area contributed by atoms with E-state index in [1.54, 1.807) is 12.7 Å². The fourth-order valence-electron chi connectivity index (χ4n) is 6.21. The Bertz CT molecular complexity index is 592. The minimum atomic E-state index is -0.123. The first-order valence-corrected chi connectivity index (χ1v) is 9.52. The molecule has 0 aliphatic heterocycles. The SMILES string of the molecule is COCO[C@H]1CC[C@@]2(C)C(=CC[C@@H]3[C@@H]2CC[C@]2(C)C(=O)C=C[C@@H]32)C1. The Balaban J connectivity index is 1.58. The van der Waals surface area contributed by atoms with Gasteiger partial charge in [-0.05, 0) is 67.8 Å². The highest BCUT2D eigenvalue weighted by Gasteiger charge is 2.57. The topological polar surface area (TPSA) is 35.5 Å². The van der Waals surface area contributed by atoms with Crippen LogP contribution in [0.4, 0.5) is 0 Å². The summed E-state index contributed by atoms with van der Waals surface area (Å²) < 4.78 is 10.9.